The van der Waals surface area contributed by atoms with Gasteiger partial charge in [-0.15, -0.1) is 0 Å². The van der Waals surface area contributed by atoms with Crippen LogP contribution in [-0.4, -0.2) is 42.2 Å². The highest BCUT2D eigenvalue weighted by molar-refractivity contribution is 7.99. The van der Waals surface area contributed by atoms with Crippen LogP contribution in [0.15, 0.2) is 0 Å². The van der Waals surface area contributed by atoms with Crippen molar-refractivity contribution in [2.45, 2.75) is 57.2 Å². The normalized spacial score (nSPS) is 31.1. The highest BCUT2D eigenvalue weighted by Gasteiger charge is 2.45. The number of rotatable bonds is 5. The molecule has 1 saturated carbocycles. The van der Waals surface area contributed by atoms with E-state index in [-0.39, 0.29) is 17.6 Å². The number of Topliss-reactive ketones (excluding diaryl/α,β-unsaturated/α-hetero) is 1. The molecule has 2 heterocycles. The molecule has 3 rings (SSSR count). The van der Waals surface area contributed by atoms with Gasteiger partial charge in [0.05, 0.1) is 5.60 Å². The fourth-order valence-corrected chi connectivity index (χ4v) is 4.86. The number of hydrogen-bond acceptors (Lipinski definition) is 4. The minimum atomic E-state index is -0.127. The molecule has 1 spiro atoms. The Morgan fingerprint density at radius 2 is 2.10 bits per heavy atom. The van der Waals surface area contributed by atoms with Gasteiger partial charge in [-0.1, -0.05) is 0 Å². The fraction of sp³-hybridized carbons (Fsp3) is 0.938. The quantitative estimate of drug-likeness (QED) is 0.781. The van der Waals surface area contributed by atoms with Gasteiger partial charge in [0.25, 0.3) is 0 Å². The summed E-state index contributed by atoms with van der Waals surface area (Å²) in [5.41, 5.74) is 0.00411. The first kappa shape index (κ1) is 14.9. The van der Waals surface area contributed by atoms with Crippen molar-refractivity contribution in [3.8, 4) is 0 Å². The molecule has 0 amide bonds. The molecule has 0 bridgehead atoms. The summed E-state index contributed by atoms with van der Waals surface area (Å²) in [4.78, 5) is 12.8. The van der Waals surface area contributed by atoms with E-state index in [9.17, 15) is 4.79 Å². The van der Waals surface area contributed by atoms with Gasteiger partial charge in [-0.05, 0) is 62.9 Å². The van der Waals surface area contributed by atoms with Gasteiger partial charge >= 0.3 is 0 Å². The molecule has 0 aromatic heterocycles. The number of hydrogen-bond donors (Lipinski definition) is 0. The van der Waals surface area contributed by atoms with E-state index >= 15 is 0 Å². The van der Waals surface area contributed by atoms with E-state index in [0.29, 0.717) is 18.3 Å². The molecule has 1 aliphatic carbocycles. The van der Waals surface area contributed by atoms with E-state index in [0.717, 1.165) is 32.3 Å². The lowest BCUT2D eigenvalue weighted by atomic mass is 9.78. The molecule has 2 aliphatic heterocycles. The van der Waals surface area contributed by atoms with E-state index in [4.69, 9.17) is 9.47 Å². The molecule has 2 saturated heterocycles. The largest absolute Gasteiger partial charge is 0.375 e. The molecule has 0 radical (unpaired) electrons. The van der Waals surface area contributed by atoms with Crippen molar-refractivity contribution in [3.63, 3.8) is 0 Å². The van der Waals surface area contributed by atoms with Crippen LogP contribution in [0.25, 0.3) is 0 Å². The molecule has 3 fully saturated rings. The topological polar surface area (TPSA) is 35.5 Å². The first-order chi connectivity index (χ1) is 9.74. The van der Waals surface area contributed by atoms with Gasteiger partial charge < -0.3 is 9.47 Å². The lowest BCUT2D eigenvalue weighted by molar-refractivity contribution is -0.149. The summed E-state index contributed by atoms with van der Waals surface area (Å²) < 4.78 is 11.9. The van der Waals surface area contributed by atoms with Gasteiger partial charge in [-0.2, -0.15) is 11.8 Å². The summed E-state index contributed by atoms with van der Waals surface area (Å²) in [6, 6.07) is 0. The number of carbonyl (C=O) groups is 1. The van der Waals surface area contributed by atoms with Gasteiger partial charge in [0, 0.05) is 19.1 Å². The van der Waals surface area contributed by atoms with Crippen molar-refractivity contribution in [2.24, 2.45) is 11.8 Å². The number of ketones is 1. The zero-order valence-corrected chi connectivity index (χ0v) is 13.3. The molecule has 0 N–H and O–H groups in total. The summed E-state index contributed by atoms with van der Waals surface area (Å²) in [6.07, 6.45) is 6.27. The average molecular weight is 298 g/mol. The van der Waals surface area contributed by atoms with Crippen LogP contribution in [0.4, 0.5) is 0 Å². The van der Waals surface area contributed by atoms with E-state index in [1.54, 1.807) is 0 Å². The monoisotopic (exact) mass is 298 g/mol. The van der Waals surface area contributed by atoms with Crippen LogP contribution in [0, 0.1) is 11.8 Å². The standard InChI is InChI=1S/C16H26O3S/c1-2-18-15(12-3-4-12)14(17)13-5-8-19-16(11-13)6-9-20-10-7-16/h12-13,15H,2-11H2,1H3. The maximum atomic E-state index is 12.8. The molecule has 0 aromatic rings. The summed E-state index contributed by atoms with van der Waals surface area (Å²) in [5.74, 6) is 3.40. The molecule has 3 aliphatic rings. The van der Waals surface area contributed by atoms with E-state index in [1.807, 2.05) is 18.7 Å². The molecule has 4 heteroatoms. The van der Waals surface area contributed by atoms with Crippen LogP contribution in [0.1, 0.15) is 45.4 Å². The van der Waals surface area contributed by atoms with Crippen LogP contribution in [-0.2, 0) is 14.3 Å². The Balaban J connectivity index is 1.64. The van der Waals surface area contributed by atoms with Crippen molar-refractivity contribution >= 4 is 17.5 Å². The average Bonchev–Trinajstić information content (AvgIpc) is 3.29. The molecular formula is C16H26O3S. The van der Waals surface area contributed by atoms with Crippen molar-refractivity contribution in [1.82, 2.24) is 0 Å². The van der Waals surface area contributed by atoms with Crippen molar-refractivity contribution in [1.29, 1.82) is 0 Å². The van der Waals surface area contributed by atoms with E-state index in [2.05, 4.69) is 0 Å². The number of carbonyl (C=O) groups excluding carboxylic acids is 1. The predicted octanol–water partition coefficient (Wildman–Crippen LogP) is 3.06. The zero-order chi connectivity index (χ0) is 14.0. The lowest BCUT2D eigenvalue weighted by Gasteiger charge is -2.43. The van der Waals surface area contributed by atoms with Crippen LogP contribution in [0.3, 0.4) is 0 Å². The number of thioether (sulfide) groups is 1. The third-order valence-electron chi connectivity index (χ3n) is 4.98. The summed E-state index contributed by atoms with van der Waals surface area (Å²) in [7, 11) is 0. The van der Waals surface area contributed by atoms with E-state index < -0.39 is 0 Å². The lowest BCUT2D eigenvalue weighted by Crippen LogP contribution is -2.46. The highest BCUT2D eigenvalue weighted by Crippen LogP contribution is 2.42. The van der Waals surface area contributed by atoms with Crippen molar-refractivity contribution < 1.29 is 14.3 Å². The smallest absolute Gasteiger partial charge is 0.165 e. The van der Waals surface area contributed by atoms with E-state index in [1.165, 1.54) is 24.3 Å². The van der Waals surface area contributed by atoms with Crippen LogP contribution in [0.5, 0.6) is 0 Å². The van der Waals surface area contributed by atoms with Crippen molar-refractivity contribution in [2.75, 3.05) is 24.7 Å². The fourth-order valence-electron chi connectivity index (χ4n) is 3.62. The van der Waals surface area contributed by atoms with Crippen molar-refractivity contribution in [3.05, 3.63) is 0 Å². The molecule has 3 nitrogen and oxygen atoms in total. The summed E-state index contributed by atoms with van der Waals surface area (Å²) in [6.45, 7) is 3.40. The highest BCUT2D eigenvalue weighted by atomic mass is 32.2. The van der Waals surface area contributed by atoms with Crippen LogP contribution in [0.2, 0.25) is 0 Å². The van der Waals surface area contributed by atoms with Gasteiger partial charge in [0.15, 0.2) is 5.78 Å². The predicted molar refractivity (Wildman–Crippen MR) is 81.1 cm³/mol. The Hall–Kier alpha value is -0.0600. The summed E-state index contributed by atoms with van der Waals surface area (Å²) in [5, 5.41) is 0. The minimum Gasteiger partial charge on any atom is -0.375 e. The van der Waals surface area contributed by atoms with Crippen LogP contribution >= 0.6 is 11.8 Å². The van der Waals surface area contributed by atoms with Gasteiger partial charge in [0.1, 0.15) is 6.10 Å². The molecule has 0 aromatic carbocycles. The van der Waals surface area contributed by atoms with Gasteiger partial charge in [-0.3, -0.25) is 4.79 Å². The molecule has 2 unspecified atom stereocenters. The van der Waals surface area contributed by atoms with Gasteiger partial charge in [-0.25, -0.2) is 0 Å². The summed E-state index contributed by atoms with van der Waals surface area (Å²) >= 11 is 2.01. The minimum absolute atomic E-state index is 0.00411. The molecule has 2 atom stereocenters. The molecular weight excluding hydrogens is 272 g/mol. The molecule has 114 valence electrons. The maximum absolute atomic E-state index is 12.8. The third-order valence-corrected chi connectivity index (χ3v) is 5.96. The Labute approximate surface area is 126 Å². The Morgan fingerprint density at radius 1 is 1.35 bits per heavy atom. The van der Waals surface area contributed by atoms with Gasteiger partial charge in [0.2, 0.25) is 0 Å². The zero-order valence-electron chi connectivity index (χ0n) is 12.4. The second kappa shape index (κ2) is 6.37. The van der Waals surface area contributed by atoms with Crippen LogP contribution < -0.4 is 0 Å². The first-order valence-corrected chi connectivity index (χ1v) is 9.26. The molecule has 20 heavy (non-hydrogen) atoms. The number of ether oxygens (including phenoxy) is 2. The Bertz CT molecular complexity index is 342. The maximum Gasteiger partial charge on any atom is 0.165 e. The Morgan fingerprint density at radius 3 is 2.75 bits per heavy atom. The second-order valence-electron chi connectivity index (χ2n) is 6.45. The Kier molecular flexibility index (Phi) is 4.73. The SMILES string of the molecule is CCOC(C(=O)C1CCOC2(CCSCC2)C1)C1CC1. The first-order valence-electron chi connectivity index (χ1n) is 8.11. The third kappa shape index (κ3) is 3.23. The second-order valence-corrected chi connectivity index (χ2v) is 7.67.